The zero-order valence-electron chi connectivity index (χ0n) is 13.3. The minimum atomic E-state index is 0.416. The molecule has 0 radical (unpaired) electrons. The highest BCUT2D eigenvalue weighted by Gasteiger charge is 2.14. The van der Waals surface area contributed by atoms with Crippen molar-refractivity contribution in [2.24, 2.45) is 0 Å². The molecule has 2 aromatic rings. The number of nitrogens with one attached hydrogen (secondary N) is 1. The largest absolute Gasteiger partial charge is 0.370 e. The Hall–Kier alpha value is -1.97. The maximum atomic E-state index is 4.74. The smallest absolute Gasteiger partial charge is 0.135 e. The van der Waals surface area contributed by atoms with Gasteiger partial charge in [0.25, 0.3) is 0 Å². The summed E-state index contributed by atoms with van der Waals surface area (Å²) in [5.41, 5.74) is 3.48. The van der Waals surface area contributed by atoms with E-state index in [1.807, 2.05) is 12.1 Å². The van der Waals surface area contributed by atoms with Gasteiger partial charge in [0, 0.05) is 36.6 Å². The third-order valence-electron chi connectivity index (χ3n) is 3.41. The molecule has 4 nitrogen and oxygen atoms in total. The molecule has 0 aromatic carbocycles. The van der Waals surface area contributed by atoms with E-state index in [0.29, 0.717) is 5.92 Å². The standard InChI is InChI=1S/C17H24N4/c1-5-8-19-17-16(12(2)3)13(4)20-15(21-17)11-14-6-9-18-10-7-14/h6-7,9-10,12H,5,8,11H2,1-4H3,(H,19,20,21). The van der Waals surface area contributed by atoms with Gasteiger partial charge in [-0.15, -0.1) is 0 Å². The van der Waals surface area contributed by atoms with Crippen molar-refractivity contribution < 1.29 is 0 Å². The molecule has 2 rings (SSSR count). The molecule has 4 heteroatoms. The fourth-order valence-electron chi connectivity index (χ4n) is 2.47. The van der Waals surface area contributed by atoms with E-state index in [2.05, 4.69) is 43.0 Å². The van der Waals surface area contributed by atoms with Crippen LogP contribution < -0.4 is 5.32 Å². The highest BCUT2D eigenvalue weighted by atomic mass is 15.0. The van der Waals surface area contributed by atoms with Crippen LogP contribution in [0.15, 0.2) is 24.5 Å². The molecule has 0 unspecified atom stereocenters. The van der Waals surface area contributed by atoms with Crippen molar-refractivity contribution in [2.75, 3.05) is 11.9 Å². The van der Waals surface area contributed by atoms with Gasteiger partial charge in [0.05, 0.1) is 0 Å². The van der Waals surface area contributed by atoms with Crippen molar-refractivity contribution in [3.63, 3.8) is 0 Å². The van der Waals surface area contributed by atoms with Crippen molar-refractivity contribution in [1.82, 2.24) is 15.0 Å². The van der Waals surface area contributed by atoms with Gasteiger partial charge in [-0.2, -0.15) is 0 Å². The summed E-state index contributed by atoms with van der Waals surface area (Å²) in [4.78, 5) is 13.5. The first-order valence-electron chi connectivity index (χ1n) is 7.62. The summed E-state index contributed by atoms with van der Waals surface area (Å²) < 4.78 is 0. The van der Waals surface area contributed by atoms with E-state index in [1.165, 1.54) is 11.1 Å². The Balaban J connectivity index is 2.33. The Bertz CT molecular complexity index is 579. The number of pyridine rings is 1. The van der Waals surface area contributed by atoms with E-state index in [9.17, 15) is 0 Å². The summed E-state index contributed by atoms with van der Waals surface area (Å²) in [5, 5.41) is 3.45. The molecule has 0 aliphatic rings. The summed E-state index contributed by atoms with van der Waals surface area (Å²) >= 11 is 0. The first-order valence-corrected chi connectivity index (χ1v) is 7.62. The van der Waals surface area contributed by atoms with Gasteiger partial charge in [-0.3, -0.25) is 4.98 Å². The SMILES string of the molecule is CCCNc1nc(Cc2ccncc2)nc(C)c1C(C)C. The molecule has 0 spiro atoms. The van der Waals surface area contributed by atoms with Crippen LogP contribution in [0.5, 0.6) is 0 Å². The lowest BCUT2D eigenvalue weighted by Gasteiger charge is -2.17. The van der Waals surface area contributed by atoms with Gasteiger partial charge in [0.15, 0.2) is 0 Å². The van der Waals surface area contributed by atoms with Gasteiger partial charge in [-0.25, -0.2) is 9.97 Å². The maximum Gasteiger partial charge on any atom is 0.135 e. The lowest BCUT2D eigenvalue weighted by Crippen LogP contribution is -2.12. The second-order valence-corrected chi connectivity index (χ2v) is 5.60. The first kappa shape index (κ1) is 15.4. The topological polar surface area (TPSA) is 50.7 Å². The van der Waals surface area contributed by atoms with Crippen molar-refractivity contribution in [3.05, 3.63) is 47.2 Å². The molecule has 0 saturated carbocycles. The molecule has 0 fully saturated rings. The molecule has 0 aliphatic carbocycles. The molecular formula is C17H24N4. The monoisotopic (exact) mass is 284 g/mol. The number of hydrogen-bond donors (Lipinski definition) is 1. The Morgan fingerprint density at radius 1 is 1.14 bits per heavy atom. The van der Waals surface area contributed by atoms with Crippen LogP contribution >= 0.6 is 0 Å². The lowest BCUT2D eigenvalue weighted by molar-refractivity contribution is 0.806. The molecule has 0 saturated heterocycles. The lowest BCUT2D eigenvalue weighted by atomic mass is 10.0. The van der Waals surface area contributed by atoms with Crippen LogP contribution in [0, 0.1) is 6.92 Å². The zero-order chi connectivity index (χ0) is 15.2. The molecule has 112 valence electrons. The van der Waals surface area contributed by atoms with Crippen molar-refractivity contribution in [2.45, 2.75) is 46.5 Å². The highest BCUT2D eigenvalue weighted by Crippen LogP contribution is 2.25. The molecule has 21 heavy (non-hydrogen) atoms. The van der Waals surface area contributed by atoms with Gasteiger partial charge in [0.2, 0.25) is 0 Å². The first-order chi connectivity index (χ1) is 10.1. The molecule has 0 atom stereocenters. The minimum absolute atomic E-state index is 0.416. The number of rotatable bonds is 6. The van der Waals surface area contributed by atoms with Crippen molar-refractivity contribution in [3.8, 4) is 0 Å². The molecule has 2 heterocycles. The molecule has 2 aromatic heterocycles. The second-order valence-electron chi connectivity index (χ2n) is 5.60. The number of aryl methyl sites for hydroxylation is 1. The van der Waals surface area contributed by atoms with Crippen LogP contribution in [-0.4, -0.2) is 21.5 Å². The Kier molecular flexibility index (Phi) is 5.26. The Labute approximate surface area is 127 Å². The van der Waals surface area contributed by atoms with Crippen molar-refractivity contribution in [1.29, 1.82) is 0 Å². The molecular weight excluding hydrogens is 260 g/mol. The molecule has 0 amide bonds. The Morgan fingerprint density at radius 2 is 1.86 bits per heavy atom. The average molecular weight is 284 g/mol. The van der Waals surface area contributed by atoms with E-state index >= 15 is 0 Å². The Morgan fingerprint density at radius 3 is 2.48 bits per heavy atom. The van der Waals surface area contributed by atoms with E-state index in [-0.39, 0.29) is 0 Å². The van der Waals surface area contributed by atoms with Gasteiger partial charge in [-0.05, 0) is 37.0 Å². The van der Waals surface area contributed by atoms with Crippen LogP contribution in [0.3, 0.4) is 0 Å². The third kappa shape index (κ3) is 4.00. The van der Waals surface area contributed by atoms with Crippen LogP contribution in [0.25, 0.3) is 0 Å². The summed E-state index contributed by atoms with van der Waals surface area (Å²) in [6.07, 6.45) is 5.44. The number of aromatic nitrogens is 3. The predicted octanol–water partition coefficient (Wildman–Crippen LogP) is 3.72. The van der Waals surface area contributed by atoms with E-state index in [4.69, 9.17) is 4.98 Å². The van der Waals surface area contributed by atoms with Gasteiger partial charge in [0.1, 0.15) is 11.6 Å². The molecule has 0 bridgehead atoms. The molecule has 1 N–H and O–H groups in total. The van der Waals surface area contributed by atoms with Crippen LogP contribution in [0.2, 0.25) is 0 Å². The number of nitrogens with zero attached hydrogens (tertiary/aromatic N) is 3. The van der Waals surface area contributed by atoms with Gasteiger partial charge >= 0.3 is 0 Å². The van der Waals surface area contributed by atoms with Crippen LogP contribution in [0.4, 0.5) is 5.82 Å². The fraction of sp³-hybridized carbons (Fsp3) is 0.471. The zero-order valence-corrected chi connectivity index (χ0v) is 13.3. The maximum absolute atomic E-state index is 4.74. The summed E-state index contributed by atoms with van der Waals surface area (Å²) in [6.45, 7) is 9.54. The summed E-state index contributed by atoms with van der Waals surface area (Å²) in [6, 6.07) is 4.02. The molecule has 0 aliphatic heterocycles. The van der Waals surface area contributed by atoms with Crippen molar-refractivity contribution >= 4 is 5.82 Å². The van der Waals surface area contributed by atoms with Crippen LogP contribution in [0.1, 0.15) is 55.8 Å². The number of anilines is 1. The summed E-state index contributed by atoms with van der Waals surface area (Å²) in [5.74, 6) is 2.27. The van der Waals surface area contributed by atoms with Crippen LogP contribution in [-0.2, 0) is 6.42 Å². The van der Waals surface area contributed by atoms with Gasteiger partial charge < -0.3 is 5.32 Å². The third-order valence-corrected chi connectivity index (χ3v) is 3.41. The normalized spacial score (nSPS) is 10.9. The fourth-order valence-corrected chi connectivity index (χ4v) is 2.47. The van der Waals surface area contributed by atoms with Gasteiger partial charge in [-0.1, -0.05) is 20.8 Å². The number of hydrogen-bond acceptors (Lipinski definition) is 4. The predicted molar refractivity (Wildman–Crippen MR) is 86.7 cm³/mol. The minimum Gasteiger partial charge on any atom is -0.370 e. The highest BCUT2D eigenvalue weighted by molar-refractivity contribution is 5.48. The van der Waals surface area contributed by atoms with E-state index in [1.54, 1.807) is 12.4 Å². The summed E-state index contributed by atoms with van der Waals surface area (Å²) in [7, 11) is 0. The quantitative estimate of drug-likeness (QED) is 0.878. The average Bonchev–Trinajstić information content (AvgIpc) is 2.45. The van der Waals surface area contributed by atoms with E-state index in [0.717, 1.165) is 36.7 Å². The second kappa shape index (κ2) is 7.16. The van der Waals surface area contributed by atoms with E-state index < -0.39 is 0 Å².